The molecule has 0 aliphatic rings. The van der Waals surface area contributed by atoms with E-state index in [-0.39, 0.29) is 0 Å². The number of aromatic nitrogens is 6. The van der Waals surface area contributed by atoms with E-state index in [0.29, 0.717) is 0 Å². The van der Waals surface area contributed by atoms with Crippen LogP contribution in [0, 0.1) is 0 Å². The van der Waals surface area contributed by atoms with Crippen LogP contribution in [0.4, 0.5) is 0 Å². The standard InChI is InChI=1S/C40H28N6/c1-3-9-31(10-4-1)39-43-44-40(32-11-5-2-6-12-32)46(39)36-21-17-30(18-22-36)29-15-19-35(20-16-29)45-37(33-13-7-25-41-27-33)23-24-38(45)34-14-8-26-42-28-34/h1-28H. The molecule has 46 heavy (non-hydrogen) atoms. The molecule has 0 fully saturated rings. The van der Waals surface area contributed by atoms with E-state index >= 15 is 0 Å². The molecule has 8 rings (SSSR count). The van der Waals surface area contributed by atoms with Crippen molar-refractivity contribution in [1.29, 1.82) is 0 Å². The molecule has 0 amide bonds. The van der Waals surface area contributed by atoms with Crippen molar-refractivity contribution >= 4 is 0 Å². The summed E-state index contributed by atoms with van der Waals surface area (Å²) in [5.74, 6) is 1.61. The van der Waals surface area contributed by atoms with Crippen molar-refractivity contribution in [2.24, 2.45) is 0 Å². The normalized spacial score (nSPS) is 11.0. The number of benzene rings is 4. The Morgan fingerprint density at radius 3 is 1.15 bits per heavy atom. The molecule has 0 saturated carbocycles. The highest BCUT2D eigenvalue weighted by Gasteiger charge is 2.18. The maximum atomic E-state index is 4.61. The Morgan fingerprint density at radius 2 is 0.739 bits per heavy atom. The van der Waals surface area contributed by atoms with Crippen molar-refractivity contribution in [3.8, 4) is 67.8 Å². The van der Waals surface area contributed by atoms with Crippen LogP contribution in [0.1, 0.15) is 0 Å². The van der Waals surface area contributed by atoms with Crippen molar-refractivity contribution in [2.45, 2.75) is 0 Å². The van der Waals surface area contributed by atoms with Gasteiger partial charge in [-0.15, -0.1) is 10.2 Å². The minimum Gasteiger partial charge on any atom is -0.309 e. The van der Waals surface area contributed by atoms with Gasteiger partial charge in [-0.25, -0.2) is 0 Å². The zero-order valence-electron chi connectivity index (χ0n) is 24.8. The van der Waals surface area contributed by atoms with Crippen molar-refractivity contribution in [3.63, 3.8) is 0 Å². The van der Waals surface area contributed by atoms with Crippen LogP contribution in [0.15, 0.2) is 170 Å². The van der Waals surface area contributed by atoms with Gasteiger partial charge >= 0.3 is 0 Å². The van der Waals surface area contributed by atoms with E-state index in [0.717, 1.165) is 67.8 Å². The van der Waals surface area contributed by atoms with Gasteiger partial charge < -0.3 is 4.57 Å². The van der Waals surface area contributed by atoms with Gasteiger partial charge in [-0.1, -0.05) is 84.9 Å². The molecule has 0 N–H and O–H groups in total. The van der Waals surface area contributed by atoms with Crippen LogP contribution in [-0.4, -0.2) is 29.3 Å². The molecule has 218 valence electrons. The van der Waals surface area contributed by atoms with E-state index in [1.165, 1.54) is 0 Å². The van der Waals surface area contributed by atoms with Gasteiger partial charge in [-0.2, -0.15) is 0 Å². The topological polar surface area (TPSA) is 61.4 Å². The molecule has 6 heteroatoms. The molecular formula is C40H28N6. The fraction of sp³-hybridized carbons (Fsp3) is 0. The quantitative estimate of drug-likeness (QED) is 0.185. The maximum Gasteiger partial charge on any atom is 0.168 e. The Hall–Kier alpha value is -6.40. The minimum absolute atomic E-state index is 0.803. The summed E-state index contributed by atoms with van der Waals surface area (Å²) in [5, 5.41) is 9.23. The first-order chi connectivity index (χ1) is 22.8. The monoisotopic (exact) mass is 592 g/mol. The Labute approximate surface area is 267 Å². The molecular weight excluding hydrogens is 564 g/mol. The second kappa shape index (κ2) is 11.9. The maximum absolute atomic E-state index is 4.61. The molecule has 0 aliphatic carbocycles. The van der Waals surface area contributed by atoms with Crippen LogP contribution in [-0.2, 0) is 0 Å². The highest BCUT2D eigenvalue weighted by atomic mass is 15.3. The number of pyridine rings is 2. The highest BCUT2D eigenvalue weighted by molar-refractivity contribution is 5.74. The summed E-state index contributed by atoms with van der Waals surface area (Å²) < 4.78 is 4.40. The molecule has 0 radical (unpaired) electrons. The van der Waals surface area contributed by atoms with Gasteiger partial charge in [0, 0.05) is 58.4 Å². The fourth-order valence-electron chi connectivity index (χ4n) is 5.88. The first-order valence-electron chi connectivity index (χ1n) is 15.1. The lowest BCUT2D eigenvalue weighted by atomic mass is 10.0. The van der Waals surface area contributed by atoms with Gasteiger partial charge in [0.2, 0.25) is 0 Å². The van der Waals surface area contributed by atoms with E-state index in [1.807, 2.05) is 60.9 Å². The van der Waals surface area contributed by atoms with Gasteiger partial charge in [0.25, 0.3) is 0 Å². The lowest BCUT2D eigenvalue weighted by Gasteiger charge is -2.15. The van der Waals surface area contributed by atoms with Gasteiger partial charge in [0.15, 0.2) is 11.6 Å². The lowest BCUT2D eigenvalue weighted by Crippen LogP contribution is -2.00. The summed E-state index contributed by atoms with van der Waals surface area (Å²) in [4.78, 5) is 8.73. The van der Waals surface area contributed by atoms with Crippen LogP contribution < -0.4 is 0 Å². The van der Waals surface area contributed by atoms with Gasteiger partial charge in [-0.3, -0.25) is 14.5 Å². The average molecular weight is 593 g/mol. The Morgan fingerprint density at radius 1 is 0.326 bits per heavy atom. The van der Waals surface area contributed by atoms with Crippen LogP contribution in [0.25, 0.3) is 67.8 Å². The Kier molecular flexibility index (Phi) is 7.05. The van der Waals surface area contributed by atoms with E-state index < -0.39 is 0 Å². The number of nitrogens with zero attached hydrogens (tertiary/aromatic N) is 6. The average Bonchev–Trinajstić information content (AvgIpc) is 3.79. The third-order valence-electron chi connectivity index (χ3n) is 8.11. The molecule has 4 heterocycles. The van der Waals surface area contributed by atoms with Crippen molar-refractivity contribution < 1.29 is 0 Å². The summed E-state index contributed by atoms with van der Waals surface area (Å²) in [6.07, 6.45) is 7.40. The van der Waals surface area contributed by atoms with E-state index in [1.54, 1.807) is 12.4 Å². The summed E-state index contributed by atoms with van der Waals surface area (Å²) >= 11 is 0. The predicted molar refractivity (Wildman–Crippen MR) is 183 cm³/mol. The molecule has 8 aromatic rings. The van der Waals surface area contributed by atoms with Crippen molar-refractivity contribution in [3.05, 3.63) is 170 Å². The first kappa shape index (κ1) is 27.2. The molecule has 0 aliphatic heterocycles. The second-order valence-electron chi connectivity index (χ2n) is 10.9. The summed E-state index contributed by atoms with van der Waals surface area (Å²) in [7, 11) is 0. The molecule has 4 aromatic carbocycles. The van der Waals surface area contributed by atoms with E-state index in [2.05, 4.69) is 126 Å². The van der Waals surface area contributed by atoms with E-state index in [9.17, 15) is 0 Å². The van der Waals surface area contributed by atoms with Crippen LogP contribution >= 0.6 is 0 Å². The molecule has 0 saturated heterocycles. The van der Waals surface area contributed by atoms with Crippen LogP contribution in [0.3, 0.4) is 0 Å². The predicted octanol–water partition coefficient (Wildman–Crippen LogP) is 9.18. The van der Waals surface area contributed by atoms with Gasteiger partial charge in [0.05, 0.1) is 11.4 Å². The Bertz CT molecular complexity index is 1930. The highest BCUT2D eigenvalue weighted by Crippen LogP contribution is 2.34. The largest absolute Gasteiger partial charge is 0.309 e. The third-order valence-corrected chi connectivity index (χ3v) is 8.11. The molecule has 0 atom stereocenters. The molecule has 6 nitrogen and oxygen atoms in total. The zero-order chi connectivity index (χ0) is 30.7. The summed E-state index contributed by atoms with van der Waals surface area (Å²) in [6.45, 7) is 0. The van der Waals surface area contributed by atoms with Crippen LogP contribution in [0.5, 0.6) is 0 Å². The molecule has 4 aromatic heterocycles. The van der Waals surface area contributed by atoms with E-state index in [4.69, 9.17) is 0 Å². The Balaban J connectivity index is 1.16. The summed E-state index contributed by atoms with van der Waals surface area (Å²) in [6, 6.07) is 50.1. The molecule has 0 spiro atoms. The smallest absolute Gasteiger partial charge is 0.168 e. The summed E-state index contributed by atoms with van der Waals surface area (Å²) in [5.41, 5.74) is 10.6. The number of rotatable bonds is 7. The number of hydrogen-bond acceptors (Lipinski definition) is 4. The SMILES string of the molecule is c1ccc(-c2nnc(-c3ccccc3)n2-c2ccc(-c3ccc(-n4c(-c5cccnc5)ccc4-c4cccnc4)cc3)cc2)cc1. The minimum atomic E-state index is 0.803. The first-order valence-corrected chi connectivity index (χ1v) is 15.1. The number of hydrogen-bond donors (Lipinski definition) is 0. The molecule has 0 bridgehead atoms. The van der Waals surface area contributed by atoms with Crippen LogP contribution in [0.2, 0.25) is 0 Å². The van der Waals surface area contributed by atoms with Gasteiger partial charge in [0.1, 0.15) is 0 Å². The van der Waals surface area contributed by atoms with Crippen molar-refractivity contribution in [2.75, 3.05) is 0 Å². The zero-order valence-corrected chi connectivity index (χ0v) is 24.8. The third kappa shape index (κ3) is 5.08. The fourth-order valence-corrected chi connectivity index (χ4v) is 5.88. The van der Waals surface area contributed by atoms with Gasteiger partial charge in [-0.05, 0) is 71.8 Å². The molecule has 0 unspecified atom stereocenters. The second-order valence-corrected chi connectivity index (χ2v) is 10.9. The lowest BCUT2D eigenvalue weighted by molar-refractivity contribution is 1.07. The van der Waals surface area contributed by atoms with Crippen molar-refractivity contribution in [1.82, 2.24) is 29.3 Å².